The molecular weight excluding hydrogens is 372 g/mol. The molecule has 0 aliphatic carbocycles. The van der Waals surface area contributed by atoms with Gasteiger partial charge >= 0.3 is 0 Å². The van der Waals surface area contributed by atoms with E-state index in [1.807, 2.05) is 42.5 Å². The number of halogens is 2. The van der Waals surface area contributed by atoms with E-state index in [1.54, 1.807) is 0 Å². The molecule has 0 saturated heterocycles. The monoisotopic (exact) mass is 382 g/mol. The SMILES string of the molecule is O[C@H]1CC(c2ccc(Br)c(Br)c2)Oc2ccccc21. The van der Waals surface area contributed by atoms with E-state index in [9.17, 15) is 5.11 Å². The molecule has 1 aliphatic rings. The van der Waals surface area contributed by atoms with Crippen molar-refractivity contribution in [1.29, 1.82) is 0 Å². The van der Waals surface area contributed by atoms with Crippen LogP contribution < -0.4 is 4.74 Å². The van der Waals surface area contributed by atoms with Gasteiger partial charge in [-0.25, -0.2) is 0 Å². The van der Waals surface area contributed by atoms with E-state index in [0.29, 0.717) is 6.42 Å². The van der Waals surface area contributed by atoms with E-state index in [4.69, 9.17) is 4.74 Å². The lowest BCUT2D eigenvalue weighted by atomic mass is 9.95. The summed E-state index contributed by atoms with van der Waals surface area (Å²) in [4.78, 5) is 0. The number of benzene rings is 2. The third-order valence-electron chi connectivity index (χ3n) is 3.30. The van der Waals surface area contributed by atoms with Crippen LogP contribution in [0.5, 0.6) is 5.75 Å². The van der Waals surface area contributed by atoms with Crippen molar-refractivity contribution in [3.63, 3.8) is 0 Å². The first-order valence-electron chi connectivity index (χ1n) is 6.04. The first-order chi connectivity index (χ1) is 9.15. The molecule has 0 amide bonds. The van der Waals surface area contributed by atoms with E-state index >= 15 is 0 Å². The zero-order valence-corrected chi connectivity index (χ0v) is 13.2. The number of rotatable bonds is 1. The molecule has 0 fully saturated rings. The Hall–Kier alpha value is -0.840. The second-order valence-electron chi connectivity index (χ2n) is 4.57. The Balaban J connectivity index is 1.94. The predicted molar refractivity (Wildman–Crippen MR) is 81.2 cm³/mol. The average Bonchev–Trinajstić information content (AvgIpc) is 2.42. The Kier molecular flexibility index (Phi) is 3.65. The van der Waals surface area contributed by atoms with Crippen molar-refractivity contribution < 1.29 is 9.84 Å². The molecule has 2 aromatic carbocycles. The van der Waals surface area contributed by atoms with Crippen molar-refractivity contribution in [2.45, 2.75) is 18.6 Å². The van der Waals surface area contributed by atoms with Gasteiger partial charge in [-0.3, -0.25) is 0 Å². The summed E-state index contributed by atoms with van der Waals surface area (Å²) >= 11 is 6.95. The summed E-state index contributed by atoms with van der Waals surface area (Å²) in [6.07, 6.45) is -0.0166. The van der Waals surface area contributed by atoms with Gasteiger partial charge in [0.2, 0.25) is 0 Å². The highest BCUT2D eigenvalue weighted by Gasteiger charge is 2.27. The minimum Gasteiger partial charge on any atom is -0.485 e. The Morgan fingerprint density at radius 2 is 1.84 bits per heavy atom. The molecule has 4 heteroatoms. The van der Waals surface area contributed by atoms with Crippen molar-refractivity contribution in [2.24, 2.45) is 0 Å². The fourth-order valence-corrected chi connectivity index (χ4v) is 2.95. The van der Waals surface area contributed by atoms with E-state index in [1.165, 1.54) is 0 Å². The van der Waals surface area contributed by atoms with Gasteiger partial charge in [-0.2, -0.15) is 0 Å². The van der Waals surface area contributed by atoms with E-state index in [-0.39, 0.29) is 6.10 Å². The zero-order valence-electron chi connectivity index (χ0n) is 10.0. The molecule has 3 rings (SSSR count). The Labute approximate surface area is 128 Å². The Morgan fingerprint density at radius 3 is 2.63 bits per heavy atom. The van der Waals surface area contributed by atoms with Gasteiger partial charge in [-0.1, -0.05) is 24.3 Å². The van der Waals surface area contributed by atoms with Gasteiger partial charge in [-0.05, 0) is 55.6 Å². The largest absolute Gasteiger partial charge is 0.485 e. The van der Waals surface area contributed by atoms with Crippen LogP contribution in [0.15, 0.2) is 51.4 Å². The average molecular weight is 384 g/mol. The van der Waals surface area contributed by atoms with Gasteiger partial charge in [0, 0.05) is 20.9 Å². The third kappa shape index (κ3) is 2.57. The second-order valence-corrected chi connectivity index (χ2v) is 6.28. The maximum Gasteiger partial charge on any atom is 0.127 e. The van der Waals surface area contributed by atoms with Crippen LogP contribution in [-0.4, -0.2) is 5.11 Å². The number of aliphatic hydroxyl groups is 1. The predicted octanol–water partition coefficient (Wildman–Crippen LogP) is 4.77. The maximum atomic E-state index is 10.2. The van der Waals surface area contributed by atoms with Crippen LogP contribution in [0.3, 0.4) is 0 Å². The topological polar surface area (TPSA) is 29.5 Å². The summed E-state index contributed by atoms with van der Waals surface area (Å²) in [5.74, 6) is 0.769. The molecule has 0 aromatic heterocycles. The first kappa shape index (κ1) is 13.2. The van der Waals surface area contributed by atoms with Crippen LogP contribution in [0.25, 0.3) is 0 Å². The molecule has 2 aromatic rings. The molecule has 1 N–H and O–H groups in total. The van der Waals surface area contributed by atoms with Gasteiger partial charge in [0.15, 0.2) is 0 Å². The van der Waals surface area contributed by atoms with Crippen LogP contribution >= 0.6 is 31.9 Å². The molecule has 0 spiro atoms. The van der Waals surface area contributed by atoms with E-state index < -0.39 is 6.10 Å². The molecule has 98 valence electrons. The number of hydrogen-bond acceptors (Lipinski definition) is 2. The molecule has 0 saturated carbocycles. The Morgan fingerprint density at radius 1 is 1.05 bits per heavy atom. The summed E-state index contributed by atoms with van der Waals surface area (Å²) in [7, 11) is 0. The molecule has 1 heterocycles. The molecular formula is C15H12Br2O2. The summed E-state index contributed by atoms with van der Waals surface area (Å²) in [6, 6.07) is 13.7. The lowest BCUT2D eigenvalue weighted by Gasteiger charge is -2.30. The highest BCUT2D eigenvalue weighted by Crippen LogP contribution is 2.41. The molecule has 1 aliphatic heterocycles. The molecule has 1 unspecified atom stereocenters. The summed E-state index contributed by atoms with van der Waals surface area (Å²) < 4.78 is 7.98. The minimum atomic E-state index is -0.475. The second kappa shape index (κ2) is 5.27. The summed E-state index contributed by atoms with van der Waals surface area (Å²) in [5.41, 5.74) is 1.93. The van der Waals surface area contributed by atoms with Crippen molar-refractivity contribution in [3.8, 4) is 5.75 Å². The van der Waals surface area contributed by atoms with Crippen molar-refractivity contribution in [2.75, 3.05) is 0 Å². The highest BCUT2D eigenvalue weighted by molar-refractivity contribution is 9.13. The Bertz CT molecular complexity index is 613. The number of fused-ring (bicyclic) bond motifs is 1. The van der Waals surface area contributed by atoms with Gasteiger partial charge in [0.05, 0.1) is 6.10 Å². The number of aliphatic hydroxyl groups excluding tert-OH is 1. The molecule has 19 heavy (non-hydrogen) atoms. The molecule has 2 atom stereocenters. The standard InChI is InChI=1S/C15H12Br2O2/c16-11-6-5-9(7-12(11)17)15-8-13(18)10-3-1-2-4-14(10)19-15/h1-7,13,15,18H,8H2/t13-,15?/m0/s1. The normalized spacial score (nSPS) is 21.6. The lowest BCUT2D eigenvalue weighted by Crippen LogP contribution is -2.18. The molecule has 0 bridgehead atoms. The number of para-hydroxylation sites is 1. The zero-order chi connectivity index (χ0) is 13.4. The minimum absolute atomic E-state index is 0.116. The van der Waals surface area contributed by atoms with Crippen LogP contribution in [0.1, 0.15) is 29.8 Å². The van der Waals surface area contributed by atoms with Gasteiger partial charge in [-0.15, -0.1) is 0 Å². The summed E-state index contributed by atoms with van der Waals surface area (Å²) in [6.45, 7) is 0. The first-order valence-corrected chi connectivity index (χ1v) is 7.62. The van der Waals surface area contributed by atoms with Crippen molar-refractivity contribution in [3.05, 3.63) is 62.5 Å². The number of ether oxygens (including phenoxy) is 1. The molecule has 2 nitrogen and oxygen atoms in total. The third-order valence-corrected chi connectivity index (χ3v) is 5.18. The quantitative estimate of drug-likeness (QED) is 0.768. The molecule has 0 radical (unpaired) electrons. The van der Waals surface area contributed by atoms with Crippen LogP contribution in [0.4, 0.5) is 0 Å². The van der Waals surface area contributed by atoms with Gasteiger partial charge in [0.1, 0.15) is 11.9 Å². The smallest absolute Gasteiger partial charge is 0.127 e. The summed E-state index contributed by atoms with van der Waals surface area (Å²) in [5, 5.41) is 10.2. The van der Waals surface area contributed by atoms with Crippen LogP contribution in [0, 0.1) is 0 Å². The highest BCUT2D eigenvalue weighted by atomic mass is 79.9. The van der Waals surface area contributed by atoms with E-state index in [2.05, 4.69) is 31.9 Å². The fourth-order valence-electron chi connectivity index (χ4n) is 2.31. The van der Waals surface area contributed by atoms with Gasteiger partial charge < -0.3 is 9.84 Å². The van der Waals surface area contributed by atoms with Crippen LogP contribution in [-0.2, 0) is 0 Å². The lowest BCUT2D eigenvalue weighted by molar-refractivity contribution is 0.0657. The maximum absolute atomic E-state index is 10.2. The van der Waals surface area contributed by atoms with E-state index in [0.717, 1.165) is 25.8 Å². The van der Waals surface area contributed by atoms with Gasteiger partial charge in [0.25, 0.3) is 0 Å². The van der Waals surface area contributed by atoms with Crippen molar-refractivity contribution in [1.82, 2.24) is 0 Å². The fraction of sp³-hybridized carbons (Fsp3) is 0.200. The number of hydrogen-bond donors (Lipinski definition) is 1. The van der Waals surface area contributed by atoms with Crippen LogP contribution in [0.2, 0.25) is 0 Å². The van der Waals surface area contributed by atoms with Crippen molar-refractivity contribution >= 4 is 31.9 Å².